The maximum Gasteiger partial charge on any atom is 0.136 e. The molecule has 3 rings (SSSR count). The summed E-state index contributed by atoms with van der Waals surface area (Å²) in [5, 5.41) is 14.5. The molecule has 0 bridgehead atoms. The van der Waals surface area contributed by atoms with E-state index in [1.165, 1.54) is 0 Å². The largest absolute Gasteiger partial charge is 0.487 e. The first-order valence-corrected chi connectivity index (χ1v) is 6.75. The smallest absolute Gasteiger partial charge is 0.136 e. The van der Waals surface area contributed by atoms with E-state index in [-0.39, 0.29) is 6.10 Å². The van der Waals surface area contributed by atoms with Gasteiger partial charge in [0.1, 0.15) is 11.9 Å². The van der Waals surface area contributed by atoms with Crippen molar-refractivity contribution in [1.82, 2.24) is 0 Å². The molecule has 1 aliphatic rings. The van der Waals surface area contributed by atoms with E-state index in [9.17, 15) is 0 Å². The molecule has 20 heavy (non-hydrogen) atoms. The minimum absolute atomic E-state index is 0.0612. The lowest BCUT2D eigenvalue weighted by Crippen LogP contribution is -2.17. The lowest BCUT2D eigenvalue weighted by atomic mass is 10.0. The van der Waals surface area contributed by atoms with Gasteiger partial charge in [-0.1, -0.05) is 35.5 Å². The summed E-state index contributed by atoms with van der Waals surface area (Å²) in [7, 11) is 0. The van der Waals surface area contributed by atoms with Crippen molar-refractivity contribution in [3.05, 3.63) is 42.0 Å². The Kier molecular flexibility index (Phi) is 3.56. The molecule has 2 aromatic carbocycles. The second kappa shape index (κ2) is 5.51. The van der Waals surface area contributed by atoms with Crippen LogP contribution in [0.5, 0.6) is 5.75 Å². The Balaban J connectivity index is 2.12. The molecule has 4 heteroatoms. The first-order chi connectivity index (χ1) is 9.79. The van der Waals surface area contributed by atoms with Gasteiger partial charge in [0.15, 0.2) is 0 Å². The molecule has 1 N–H and O–H groups in total. The van der Waals surface area contributed by atoms with Gasteiger partial charge in [-0.25, -0.2) is 0 Å². The van der Waals surface area contributed by atoms with Crippen molar-refractivity contribution >= 4 is 16.5 Å². The first-order valence-electron chi connectivity index (χ1n) is 6.75. The van der Waals surface area contributed by atoms with Crippen LogP contribution in [0.3, 0.4) is 0 Å². The van der Waals surface area contributed by atoms with E-state index in [0.717, 1.165) is 35.1 Å². The maximum atomic E-state index is 9.05. The lowest BCUT2D eigenvalue weighted by molar-refractivity contribution is 0.142. The van der Waals surface area contributed by atoms with E-state index >= 15 is 0 Å². The highest BCUT2D eigenvalue weighted by molar-refractivity contribution is 6.06. The molecule has 1 atom stereocenters. The van der Waals surface area contributed by atoms with Crippen LogP contribution in [0.15, 0.2) is 41.6 Å². The highest BCUT2D eigenvalue weighted by Gasteiger charge is 2.21. The van der Waals surface area contributed by atoms with Gasteiger partial charge in [0.05, 0.1) is 18.9 Å². The number of nitrogens with zero attached hydrogens (tertiary/aromatic N) is 1. The van der Waals surface area contributed by atoms with Crippen LogP contribution in [0.4, 0.5) is 0 Å². The molecule has 1 aliphatic heterocycles. The van der Waals surface area contributed by atoms with Crippen molar-refractivity contribution in [3.63, 3.8) is 0 Å². The first kappa shape index (κ1) is 12.9. The number of hydrogen-bond acceptors (Lipinski definition) is 4. The van der Waals surface area contributed by atoms with Gasteiger partial charge < -0.3 is 14.7 Å². The van der Waals surface area contributed by atoms with Crippen molar-refractivity contribution in [1.29, 1.82) is 0 Å². The molecule has 104 valence electrons. The molecular formula is C16H17NO3. The third-order valence-corrected chi connectivity index (χ3v) is 3.59. The second-order valence-electron chi connectivity index (χ2n) is 4.95. The quantitative estimate of drug-likeness (QED) is 0.530. The Hall–Kier alpha value is -2.07. The van der Waals surface area contributed by atoms with Crippen molar-refractivity contribution in [3.8, 4) is 5.75 Å². The highest BCUT2D eigenvalue weighted by Crippen LogP contribution is 2.32. The fourth-order valence-corrected chi connectivity index (χ4v) is 2.48. The van der Waals surface area contributed by atoms with E-state index in [2.05, 4.69) is 5.16 Å². The average Bonchev–Trinajstić information content (AvgIpc) is 3.00. The predicted molar refractivity (Wildman–Crippen MR) is 77.8 cm³/mol. The zero-order valence-electron chi connectivity index (χ0n) is 11.4. The Bertz CT molecular complexity index is 645. The summed E-state index contributed by atoms with van der Waals surface area (Å²) < 4.78 is 11.5. The van der Waals surface area contributed by atoms with E-state index in [0.29, 0.717) is 12.3 Å². The molecule has 1 heterocycles. The SMILES string of the molecule is CC(=NO)c1ccc2ccccc2c1OC1CCOC1. The van der Waals surface area contributed by atoms with Gasteiger partial charge in [-0.15, -0.1) is 0 Å². The summed E-state index contributed by atoms with van der Waals surface area (Å²) in [5.41, 5.74) is 1.36. The minimum Gasteiger partial charge on any atom is -0.487 e. The van der Waals surface area contributed by atoms with Crippen LogP contribution in [0.1, 0.15) is 18.9 Å². The van der Waals surface area contributed by atoms with E-state index in [1.807, 2.05) is 36.4 Å². The molecule has 0 aliphatic carbocycles. The molecule has 0 saturated carbocycles. The van der Waals surface area contributed by atoms with Crippen LogP contribution in [-0.2, 0) is 4.74 Å². The summed E-state index contributed by atoms with van der Waals surface area (Å²) >= 11 is 0. The van der Waals surface area contributed by atoms with Crippen LogP contribution in [-0.4, -0.2) is 30.2 Å². The third-order valence-electron chi connectivity index (χ3n) is 3.59. The zero-order chi connectivity index (χ0) is 13.9. The topological polar surface area (TPSA) is 51.1 Å². The second-order valence-corrected chi connectivity index (χ2v) is 4.95. The number of rotatable bonds is 3. The Morgan fingerprint density at radius 3 is 2.90 bits per heavy atom. The zero-order valence-corrected chi connectivity index (χ0v) is 11.4. The Morgan fingerprint density at radius 1 is 1.30 bits per heavy atom. The fraction of sp³-hybridized carbons (Fsp3) is 0.312. The Labute approximate surface area is 117 Å². The lowest BCUT2D eigenvalue weighted by Gasteiger charge is -2.17. The van der Waals surface area contributed by atoms with E-state index < -0.39 is 0 Å². The van der Waals surface area contributed by atoms with Gasteiger partial charge in [0.25, 0.3) is 0 Å². The monoisotopic (exact) mass is 271 g/mol. The van der Waals surface area contributed by atoms with Gasteiger partial charge in [0.2, 0.25) is 0 Å². The summed E-state index contributed by atoms with van der Waals surface area (Å²) in [6.45, 7) is 3.11. The average molecular weight is 271 g/mol. The molecule has 0 amide bonds. The molecule has 1 saturated heterocycles. The van der Waals surface area contributed by atoms with Gasteiger partial charge in [-0.3, -0.25) is 0 Å². The molecule has 0 radical (unpaired) electrons. The summed E-state index contributed by atoms with van der Waals surface area (Å²) in [6, 6.07) is 12.0. The van der Waals surface area contributed by atoms with Gasteiger partial charge in [-0.2, -0.15) is 0 Å². The maximum absolute atomic E-state index is 9.05. The molecule has 1 unspecified atom stereocenters. The fourth-order valence-electron chi connectivity index (χ4n) is 2.48. The molecule has 2 aromatic rings. The standard InChI is InChI=1S/C16H17NO3/c1-11(17-18)14-7-6-12-4-2-3-5-15(12)16(14)20-13-8-9-19-10-13/h2-7,13,18H,8-10H2,1H3. The van der Waals surface area contributed by atoms with Crippen LogP contribution < -0.4 is 4.74 Å². The van der Waals surface area contributed by atoms with Crippen molar-refractivity contribution in [2.24, 2.45) is 5.16 Å². The number of fused-ring (bicyclic) bond motifs is 1. The van der Waals surface area contributed by atoms with Crippen molar-refractivity contribution in [2.75, 3.05) is 13.2 Å². The number of benzene rings is 2. The van der Waals surface area contributed by atoms with Crippen molar-refractivity contribution in [2.45, 2.75) is 19.4 Å². The van der Waals surface area contributed by atoms with Crippen LogP contribution >= 0.6 is 0 Å². The number of ether oxygens (including phenoxy) is 2. The molecule has 1 fully saturated rings. The van der Waals surface area contributed by atoms with Crippen LogP contribution in [0, 0.1) is 0 Å². The number of hydrogen-bond donors (Lipinski definition) is 1. The normalized spacial score (nSPS) is 19.4. The van der Waals surface area contributed by atoms with Crippen LogP contribution in [0.25, 0.3) is 10.8 Å². The molecule has 0 spiro atoms. The summed E-state index contributed by atoms with van der Waals surface area (Å²) in [4.78, 5) is 0. The van der Waals surface area contributed by atoms with Gasteiger partial charge >= 0.3 is 0 Å². The molecule has 0 aromatic heterocycles. The minimum atomic E-state index is 0.0612. The van der Waals surface area contributed by atoms with E-state index in [4.69, 9.17) is 14.7 Å². The van der Waals surface area contributed by atoms with Crippen molar-refractivity contribution < 1.29 is 14.7 Å². The van der Waals surface area contributed by atoms with E-state index in [1.54, 1.807) is 6.92 Å². The molecular weight excluding hydrogens is 254 g/mol. The highest BCUT2D eigenvalue weighted by atomic mass is 16.5. The molecule has 4 nitrogen and oxygen atoms in total. The van der Waals surface area contributed by atoms with Gasteiger partial charge in [-0.05, 0) is 18.4 Å². The van der Waals surface area contributed by atoms with Gasteiger partial charge in [0, 0.05) is 17.4 Å². The third kappa shape index (κ3) is 2.34. The summed E-state index contributed by atoms with van der Waals surface area (Å²) in [5.74, 6) is 0.772. The summed E-state index contributed by atoms with van der Waals surface area (Å²) in [6.07, 6.45) is 0.948. The van der Waals surface area contributed by atoms with Crippen LogP contribution in [0.2, 0.25) is 0 Å². The number of oxime groups is 1. The Morgan fingerprint density at radius 2 is 2.15 bits per heavy atom. The predicted octanol–water partition coefficient (Wildman–Crippen LogP) is 3.21.